The number of amides is 1. The fourth-order valence-corrected chi connectivity index (χ4v) is 2.16. The smallest absolute Gasteiger partial charge is 0.267 e. The summed E-state index contributed by atoms with van der Waals surface area (Å²) >= 11 is 0. The third kappa shape index (κ3) is 2.20. The zero-order valence-corrected chi connectivity index (χ0v) is 11.1. The number of carbonyl (C=O) groups excluding carboxylic acids is 1. The van der Waals surface area contributed by atoms with E-state index in [1.165, 1.54) is 0 Å². The van der Waals surface area contributed by atoms with E-state index >= 15 is 0 Å². The van der Waals surface area contributed by atoms with Crippen molar-refractivity contribution in [3.63, 3.8) is 0 Å². The molecule has 18 heavy (non-hydrogen) atoms. The van der Waals surface area contributed by atoms with Crippen molar-refractivity contribution in [3.05, 3.63) is 23.8 Å². The van der Waals surface area contributed by atoms with Gasteiger partial charge in [-0.25, -0.2) is 0 Å². The third-order valence-corrected chi connectivity index (χ3v) is 3.16. The molecule has 0 spiro atoms. The van der Waals surface area contributed by atoms with E-state index in [4.69, 9.17) is 10.5 Å². The summed E-state index contributed by atoms with van der Waals surface area (Å²) in [7, 11) is 0. The van der Waals surface area contributed by atoms with Gasteiger partial charge in [0.25, 0.3) is 5.91 Å². The fourth-order valence-electron chi connectivity index (χ4n) is 2.16. The first-order valence-corrected chi connectivity index (χ1v) is 6.42. The van der Waals surface area contributed by atoms with Crippen LogP contribution in [0.2, 0.25) is 0 Å². The molecule has 1 aliphatic rings. The minimum atomic E-state index is -0.412. The van der Waals surface area contributed by atoms with Crippen molar-refractivity contribution in [2.24, 2.45) is 5.73 Å². The molecular formula is C14H20N2O2. The van der Waals surface area contributed by atoms with Crippen LogP contribution in [0.3, 0.4) is 0 Å². The topological polar surface area (TPSA) is 55.6 Å². The summed E-state index contributed by atoms with van der Waals surface area (Å²) in [6, 6.07) is 5.77. The normalized spacial score (nSPS) is 20.3. The van der Waals surface area contributed by atoms with Crippen LogP contribution in [0.15, 0.2) is 18.2 Å². The molecule has 1 heterocycles. The molecule has 1 aliphatic heterocycles. The minimum absolute atomic E-state index is 0.0196. The van der Waals surface area contributed by atoms with Gasteiger partial charge in [0.15, 0.2) is 6.10 Å². The maximum Gasteiger partial charge on any atom is 0.267 e. The lowest BCUT2D eigenvalue weighted by Crippen LogP contribution is -2.44. The first-order valence-electron chi connectivity index (χ1n) is 6.42. The first kappa shape index (κ1) is 12.9. The molecule has 0 fully saturated rings. The lowest BCUT2D eigenvalue weighted by Gasteiger charge is -2.33. The quantitative estimate of drug-likeness (QED) is 0.892. The first-order chi connectivity index (χ1) is 8.54. The Morgan fingerprint density at radius 2 is 2.22 bits per heavy atom. The summed E-state index contributed by atoms with van der Waals surface area (Å²) in [6.07, 6.45) is 0.505. The Labute approximate surface area is 108 Å². The molecular weight excluding hydrogens is 228 g/mol. The number of carbonyl (C=O) groups is 1. The predicted octanol–water partition coefficient (Wildman–Crippen LogP) is 2.23. The van der Waals surface area contributed by atoms with Gasteiger partial charge >= 0.3 is 0 Å². The molecule has 2 unspecified atom stereocenters. The van der Waals surface area contributed by atoms with Gasteiger partial charge in [0.05, 0.1) is 5.69 Å². The van der Waals surface area contributed by atoms with Crippen molar-refractivity contribution in [1.82, 2.24) is 0 Å². The van der Waals surface area contributed by atoms with Crippen LogP contribution in [0, 0.1) is 0 Å². The van der Waals surface area contributed by atoms with Crippen LogP contribution in [0.25, 0.3) is 0 Å². The number of anilines is 1. The Kier molecular flexibility index (Phi) is 3.57. The number of nitrogens with zero attached hydrogens (tertiary/aromatic N) is 1. The molecule has 1 amide bonds. The van der Waals surface area contributed by atoms with Crippen LogP contribution < -0.4 is 15.4 Å². The van der Waals surface area contributed by atoms with Gasteiger partial charge in [-0.05, 0) is 38.0 Å². The van der Waals surface area contributed by atoms with Crippen LogP contribution >= 0.6 is 0 Å². The number of fused-ring (bicyclic) bond motifs is 1. The second kappa shape index (κ2) is 4.98. The number of benzene rings is 1. The standard InChI is InChI=1S/C14H20N2O2/c1-4-7-16-12-8-11(9(2)15)5-6-13(12)18-10(3)14(16)17/h5-6,8-10H,4,7,15H2,1-3H3. The van der Waals surface area contributed by atoms with Gasteiger partial charge in [-0.2, -0.15) is 0 Å². The Morgan fingerprint density at radius 3 is 2.83 bits per heavy atom. The molecule has 2 N–H and O–H groups in total. The number of nitrogens with two attached hydrogens (primary N) is 1. The highest BCUT2D eigenvalue weighted by Gasteiger charge is 2.31. The Morgan fingerprint density at radius 1 is 1.50 bits per heavy atom. The average Bonchev–Trinajstić information content (AvgIpc) is 2.34. The maximum absolute atomic E-state index is 12.1. The van der Waals surface area contributed by atoms with E-state index in [1.54, 1.807) is 11.8 Å². The van der Waals surface area contributed by atoms with Crippen LogP contribution in [0.5, 0.6) is 5.75 Å². The van der Waals surface area contributed by atoms with Gasteiger partial charge in [-0.1, -0.05) is 13.0 Å². The molecule has 0 aromatic heterocycles. The van der Waals surface area contributed by atoms with Crippen molar-refractivity contribution >= 4 is 11.6 Å². The highest BCUT2D eigenvalue weighted by Crippen LogP contribution is 2.35. The molecule has 1 aromatic rings. The Balaban J connectivity index is 2.45. The number of rotatable bonds is 3. The van der Waals surface area contributed by atoms with Gasteiger partial charge < -0.3 is 15.4 Å². The highest BCUT2D eigenvalue weighted by molar-refractivity contribution is 5.99. The second-order valence-electron chi connectivity index (χ2n) is 4.77. The van der Waals surface area contributed by atoms with Gasteiger partial charge in [0, 0.05) is 12.6 Å². The zero-order valence-electron chi connectivity index (χ0n) is 11.1. The molecule has 4 heteroatoms. The van der Waals surface area contributed by atoms with Crippen molar-refractivity contribution in [2.45, 2.75) is 39.3 Å². The van der Waals surface area contributed by atoms with Crippen LogP contribution in [0.1, 0.15) is 38.8 Å². The van der Waals surface area contributed by atoms with Crippen LogP contribution in [-0.4, -0.2) is 18.6 Å². The second-order valence-corrected chi connectivity index (χ2v) is 4.77. The van der Waals surface area contributed by atoms with E-state index in [1.807, 2.05) is 25.1 Å². The Hall–Kier alpha value is -1.55. The molecule has 0 aliphatic carbocycles. The van der Waals surface area contributed by atoms with E-state index in [0.29, 0.717) is 6.54 Å². The zero-order chi connectivity index (χ0) is 13.3. The molecule has 0 saturated carbocycles. The van der Waals surface area contributed by atoms with Crippen molar-refractivity contribution < 1.29 is 9.53 Å². The number of hydrogen-bond donors (Lipinski definition) is 1. The van der Waals surface area contributed by atoms with E-state index in [2.05, 4.69) is 6.92 Å². The van der Waals surface area contributed by atoms with Gasteiger partial charge in [0.1, 0.15) is 5.75 Å². The van der Waals surface area contributed by atoms with Crippen LogP contribution in [-0.2, 0) is 4.79 Å². The maximum atomic E-state index is 12.1. The number of ether oxygens (including phenoxy) is 1. The predicted molar refractivity (Wildman–Crippen MR) is 71.8 cm³/mol. The highest BCUT2D eigenvalue weighted by atomic mass is 16.5. The van der Waals surface area contributed by atoms with Gasteiger partial charge in [-0.3, -0.25) is 4.79 Å². The van der Waals surface area contributed by atoms with E-state index < -0.39 is 6.10 Å². The van der Waals surface area contributed by atoms with Crippen molar-refractivity contribution in [1.29, 1.82) is 0 Å². The van der Waals surface area contributed by atoms with Crippen molar-refractivity contribution in [2.75, 3.05) is 11.4 Å². The number of hydrogen-bond acceptors (Lipinski definition) is 3. The fraction of sp³-hybridized carbons (Fsp3) is 0.500. The summed E-state index contributed by atoms with van der Waals surface area (Å²) in [6.45, 7) is 6.48. The lowest BCUT2D eigenvalue weighted by atomic mass is 10.1. The largest absolute Gasteiger partial charge is 0.479 e. The molecule has 2 rings (SSSR count). The van der Waals surface area contributed by atoms with Crippen molar-refractivity contribution in [3.8, 4) is 5.75 Å². The van der Waals surface area contributed by atoms with E-state index in [9.17, 15) is 4.79 Å². The summed E-state index contributed by atoms with van der Waals surface area (Å²) in [5.74, 6) is 0.783. The SMILES string of the molecule is CCCN1C(=O)C(C)Oc2ccc(C(C)N)cc21. The van der Waals surface area contributed by atoms with E-state index in [-0.39, 0.29) is 11.9 Å². The molecule has 98 valence electrons. The molecule has 0 bridgehead atoms. The van der Waals surface area contributed by atoms with Gasteiger partial charge in [0.2, 0.25) is 0 Å². The molecule has 2 atom stereocenters. The minimum Gasteiger partial charge on any atom is -0.479 e. The molecule has 0 saturated heterocycles. The molecule has 4 nitrogen and oxygen atoms in total. The average molecular weight is 248 g/mol. The summed E-state index contributed by atoms with van der Waals surface area (Å²) in [5, 5.41) is 0. The molecule has 0 radical (unpaired) electrons. The van der Waals surface area contributed by atoms with Gasteiger partial charge in [-0.15, -0.1) is 0 Å². The Bertz CT molecular complexity index is 457. The molecule has 1 aromatic carbocycles. The third-order valence-electron chi connectivity index (χ3n) is 3.16. The van der Waals surface area contributed by atoms with E-state index in [0.717, 1.165) is 23.4 Å². The van der Waals surface area contributed by atoms with Crippen LogP contribution in [0.4, 0.5) is 5.69 Å². The summed E-state index contributed by atoms with van der Waals surface area (Å²) in [4.78, 5) is 13.9. The summed E-state index contributed by atoms with van der Waals surface area (Å²) in [5.41, 5.74) is 7.74. The lowest BCUT2D eigenvalue weighted by molar-refractivity contribution is -0.125. The summed E-state index contributed by atoms with van der Waals surface area (Å²) < 4.78 is 5.62. The monoisotopic (exact) mass is 248 g/mol.